The van der Waals surface area contributed by atoms with Crippen molar-refractivity contribution in [3.63, 3.8) is 0 Å². The van der Waals surface area contributed by atoms with E-state index in [9.17, 15) is 18.6 Å². The number of aromatic carboxylic acids is 2. The molecule has 0 unspecified atom stereocenters. The van der Waals surface area contributed by atoms with Gasteiger partial charge >= 0.3 is 11.9 Å². The molecule has 0 aliphatic carbocycles. The number of hydrogen-bond acceptors (Lipinski definition) is 4. The van der Waals surface area contributed by atoms with Crippen LogP contribution in [0.4, 0.5) is 0 Å². The second-order valence-corrected chi connectivity index (χ2v) is 6.21. The van der Waals surface area contributed by atoms with E-state index in [1.165, 1.54) is 55.5 Å². The number of carboxylic acid groups (broad SMARTS) is 2. The summed E-state index contributed by atoms with van der Waals surface area (Å²) in [5.74, 6) is -2.09. The van der Waals surface area contributed by atoms with E-state index in [0.29, 0.717) is 9.79 Å². The lowest BCUT2D eigenvalue weighted by Gasteiger charge is -2.03. The van der Waals surface area contributed by atoms with E-state index in [2.05, 4.69) is 5.32 Å². The highest BCUT2D eigenvalue weighted by atomic mass is 32.2. The highest BCUT2D eigenvalue weighted by Crippen LogP contribution is 2.17. The summed E-state index contributed by atoms with van der Waals surface area (Å²) in [5.41, 5.74) is 0.235. The summed E-state index contributed by atoms with van der Waals surface area (Å²) in [5, 5.41) is 20.0. The highest BCUT2D eigenvalue weighted by Gasteiger charge is 2.10. The lowest BCUT2D eigenvalue weighted by atomic mass is 10.2. The molecule has 2 rings (SSSR count). The van der Waals surface area contributed by atoms with Crippen molar-refractivity contribution in [1.82, 2.24) is 5.32 Å². The molecule has 0 atom stereocenters. The Balaban J connectivity index is 0.000000550. The molecular formula is C17H17NO6S. The number of hydrogen-bond donors (Lipinski definition) is 3. The molecule has 0 saturated heterocycles. The van der Waals surface area contributed by atoms with E-state index in [1.807, 2.05) is 0 Å². The number of rotatable bonds is 4. The zero-order chi connectivity index (χ0) is 19.0. The maximum atomic E-state index is 12.2. The van der Waals surface area contributed by atoms with Gasteiger partial charge in [0.2, 0.25) is 5.91 Å². The fourth-order valence-corrected chi connectivity index (χ4v) is 2.62. The molecule has 0 aliphatic rings. The first kappa shape index (κ1) is 20.0. The van der Waals surface area contributed by atoms with E-state index in [1.54, 1.807) is 7.05 Å². The van der Waals surface area contributed by atoms with Crippen LogP contribution in [0.3, 0.4) is 0 Å². The maximum absolute atomic E-state index is 12.2. The molecule has 25 heavy (non-hydrogen) atoms. The minimum absolute atomic E-state index is 0.00463. The van der Waals surface area contributed by atoms with E-state index < -0.39 is 22.7 Å². The molecule has 0 radical (unpaired) electrons. The summed E-state index contributed by atoms with van der Waals surface area (Å²) >= 11 is 0. The molecule has 0 aliphatic heterocycles. The molecule has 8 heteroatoms. The first-order chi connectivity index (χ1) is 11.8. The molecule has 0 heterocycles. The topological polar surface area (TPSA) is 121 Å². The number of carboxylic acids is 2. The lowest BCUT2D eigenvalue weighted by Crippen LogP contribution is -2.11. The van der Waals surface area contributed by atoms with Crippen molar-refractivity contribution in [3.05, 3.63) is 59.7 Å². The van der Waals surface area contributed by atoms with Crippen LogP contribution in [0, 0.1) is 0 Å². The van der Waals surface area contributed by atoms with E-state index in [0.717, 1.165) is 0 Å². The van der Waals surface area contributed by atoms with Gasteiger partial charge in [0.1, 0.15) is 0 Å². The molecule has 2 aromatic carbocycles. The fourth-order valence-electron chi connectivity index (χ4n) is 1.58. The Morgan fingerprint density at radius 1 is 0.800 bits per heavy atom. The SMILES string of the molecule is CNC(C)=O.O=C(O)c1ccc(S(=O)c2ccc(C(=O)O)cc2)cc1. The summed E-state index contributed by atoms with van der Waals surface area (Å²) in [7, 11) is 0.124. The second-order valence-electron chi connectivity index (χ2n) is 4.73. The molecule has 0 spiro atoms. The van der Waals surface area contributed by atoms with Crippen LogP contribution < -0.4 is 5.32 Å². The van der Waals surface area contributed by atoms with Crippen molar-refractivity contribution >= 4 is 28.6 Å². The first-order valence-corrected chi connectivity index (χ1v) is 8.18. The highest BCUT2D eigenvalue weighted by molar-refractivity contribution is 7.85. The van der Waals surface area contributed by atoms with Crippen LogP contribution >= 0.6 is 0 Å². The smallest absolute Gasteiger partial charge is 0.335 e. The zero-order valence-corrected chi connectivity index (χ0v) is 14.4. The van der Waals surface area contributed by atoms with Gasteiger partial charge in [-0.2, -0.15) is 0 Å². The Bertz CT molecular complexity index is 724. The van der Waals surface area contributed by atoms with Gasteiger partial charge in [0, 0.05) is 23.8 Å². The van der Waals surface area contributed by atoms with Crippen LogP contribution in [0.25, 0.3) is 0 Å². The first-order valence-electron chi connectivity index (χ1n) is 7.03. The number of amides is 1. The Labute approximate surface area is 146 Å². The molecule has 3 N–H and O–H groups in total. The average molecular weight is 363 g/mol. The molecule has 0 fully saturated rings. The summed E-state index contributed by atoms with van der Waals surface area (Å²) in [4.78, 5) is 32.1. The zero-order valence-electron chi connectivity index (χ0n) is 13.6. The largest absolute Gasteiger partial charge is 0.478 e. The lowest BCUT2D eigenvalue weighted by molar-refractivity contribution is -0.118. The van der Waals surface area contributed by atoms with E-state index >= 15 is 0 Å². The van der Waals surface area contributed by atoms with Gasteiger partial charge in [-0.3, -0.25) is 4.79 Å². The van der Waals surface area contributed by atoms with Crippen LogP contribution in [0.1, 0.15) is 27.6 Å². The quantitative estimate of drug-likeness (QED) is 0.764. The average Bonchev–Trinajstić information content (AvgIpc) is 2.61. The number of benzene rings is 2. The van der Waals surface area contributed by atoms with Gasteiger partial charge in [-0.15, -0.1) is 0 Å². The van der Waals surface area contributed by atoms with Gasteiger partial charge in [0.15, 0.2) is 0 Å². The van der Waals surface area contributed by atoms with Gasteiger partial charge in [-0.05, 0) is 48.5 Å². The standard InChI is InChI=1S/C14H10O5S.C3H7NO/c15-13(16)9-1-5-11(6-2-9)20(19)12-7-3-10(4-8-12)14(17)18;1-3(5)4-2/h1-8H,(H,15,16)(H,17,18);1-2H3,(H,4,5). The van der Waals surface area contributed by atoms with Crippen LogP contribution in [-0.4, -0.2) is 39.3 Å². The summed E-state index contributed by atoms with van der Waals surface area (Å²) in [6.45, 7) is 1.47. The molecule has 132 valence electrons. The third-order valence-electron chi connectivity index (χ3n) is 2.98. The number of carbonyl (C=O) groups is 3. The van der Waals surface area contributed by atoms with Gasteiger partial charge in [0.05, 0.1) is 21.9 Å². The Morgan fingerprint density at radius 3 is 1.28 bits per heavy atom. The van der Waals surface area contributed by atoms with E-state index in [-0.39, 0.29) is 17.0 Å². The van der Waals surface area contributed by atoms with Crippen molar-refractivity contribution in [2.24, 2.45) is 0 Å². The van der Waals surface area contributed by atoms with Crippen molar-refractivity contribution in [2.45, 2.75) is 16.7 Å². The predicted octanol–water partition coefficient (Wildman–Crippen LogP) is 2.00. The summed E-state index contributed by atoms with van der Waals surface area (Å²) in [6, 6.07) is 11.4. The predicted molar refractivity (Wildman–Crippen MR) is 91.2 cm³/mol. The van der Waals surface area contributed by atoms with Crippen molar-refractivity contribution in [1.29, 1.82) is 0 Å². The van der Waals surface area contributed by atoms with Crippen LogP contribution in [-0.2, 0) is 15.6 Å². The Morgan fingerprint density at radius 2 is 1.08 bits per heavy atom. The van der Waals surface area contributed by atoms with Crippen molar-refractivity contribution < 1.29 is 28.8 Å². The Kier molecular flexibility index (Phi) is 7.48. The Hall–Kier alpha value is -3.00. The van der Waals surface area contributed by atoms with Gasteiger partial charge in [-0.25, -0.2) is 13.8 Å². The second kappa shape index (κ2) is 9.33. The van der Waals surface area contributed by atoms with Crippen LogP contribution in [0.5, 0.6) is 0 Å². The monoisotopic (exact) mass is 363 g/mol. The molecule has 1 amide bonds. The molecule has 0 bridgehead atoms. The maximum Gasteiger partial charge on any atom is 0.335 e. The minimum atomic E-state index is -1.48. The summed E-state index contributed by atoms with van der Waals surface area (Å²) in [6.07, 6.45) is 0. The minimum Gasteiger partial charge on any atom is -0.478 e. The van der Waals surface area contributed by atoms with Gasteiger partial charge in [0.25, 0.3) is 0 Å². The molecule has 0 aromatic heterocycles. The number of carbonyl (C=O) groups excluding carboxylic acids is 1. The normalized spacial score (nSPS) is 9.72. The van der Waals surface area contributed by atoms with Crippen molar-refractivity contribution in [2.75, 3.05) is 7.05 Å². The molecule has 0 saturated carbocycles. The van der Waals surface area contributed by atoms with E-state index in [4.69, 9.17) is 10.2 Å². The van der Waals surface area contributed by atoms with Gasteiger partial charge in [-0.1, -0.05) is 0 Å². The fraction of sp³-hybridized carbons (Fsp3) is 0.118. The van der Waals surface area contributed by atoms with Gasteiger partial charge < -0.3 is 15.5 Å². The van der Waals surface area contributed by atoms with Crippen LogP contribution in [0.15, 0.2) is 58.3 Å². The third kappa shape index (κ3) is 6.19. The summed E-state index contributed by atoms with van der Waals surface area (Å²) < 4.78 is 12.2. The van der Waals surface area contributed by atoms with Crippen LogP contribution in [0.2, 0.25) is 0 Å². The molecular weight excluding hydrogens is 346 g/mol. The van der Waals surface area contributed by atoms with Crippen molar-refractivity contribution in [3.8, 4) is 0 Å². The number of nitrogens with one attached hydrogen (secondary N) is 1. The molecule has 2 aromatic rings. The third-order valence-corrected chi connectivity index (χ3v) is 4.38. The molecule has 7 nitrogen and oxygen atoms in total.